The maximum Gasteiger partial charge on any atom is 0.0991 e. The summed E-state index contributed by atoms with van der Waals surface area (Å²) in [4.78, 5) is 2.51. The highest BCUT2D eigenvalue weighted by Crippen LogP contribution is 2.49. The van der Waals surface area contributed by atoms with E-state index in [-0.39, 0.29) is 6.04 Å². The van der Waals surface area contributed by atoms with Gasteiger partial charge < -0.3 is 9.47 Å². The smallest absolute Gasteiger partial charge is 0.0991 e. The average molecular weight is 542 g/mol. The van der Waals surface area contributed by atoms with Crippen molar-refractivity contribution in [2.75, 3.05) is 4.90 Å². The first-order valence-corrected chi connectivity index (χ1v) is 14.7. The monoisotopic (exact) mass is 541 g/mol. The molecule has 5 aromatic carbocycles. The second kappa shape index (κ2) is 8.44. The molecule has 1 aliphatic heterocycles. The molecule has 0 bridgehead atoms. The summed E-state index contributed by atoms with van der Waals surface area (Å²) >= 11 is 1.85. The van der Waals surface area contributed by atoms with Crippen LogP contribution in [0.5, 0.6) is 0 Å². The van der Waals surface area contributed by atoms with Gasteiger partial charge in [-0.15, -0.1) is 11.3 Å². The number of aromatic nitrogens is 1. The minimum absolute atomic E-state index is 0.284. The minimum atomic E-state index is 0.284. The third-order valence-corrected chi connectivity index (χ3v) is 9.95. The lowest BCUT2D eigenvalue weighted by atomic mass is 9.91. The zero-order valence-electron chi connectivity index (χ0n) is 22.0. The van der Waals surface area contributed by atoms with Crippen molar-refractivity contribution in [3.8, 4) is 11.8 Å². The van der Waals surface area contributed by atoms with Crippen LogP contribution in [0.25, 0.3) is 47.7 Å². The van der Waals surface area contributed by atoms with Gasteiger partial charge in [0.25, 0.3) is 0 Å². The molecule has 0 saturated heterocycles. The van der Waals surface area contributed by atoms with Crippen molar-refractivity contribution in [3.05, 3.63) is 139 Å². The largest absolute Gasteiger partial charge is 0.333 e. The summed E-state index contributed by atoms with van der Waals surface area (Å²) in [6, 6.07) is 39.6. The Bertz CT molecular complexity index is 2310. The molecule has 2 unspecified atom stereocenters. The highest BCUT2D eigenvalue weighted by Gasteiger charge is 2.37. The predicted octanol–water partition coefficient (Wildman–Crippen LogP) is 9.75. The van der Waals surface area contributed by atoms with Crippen molar-refractivity contribution >= 4 is 64.7 Å². The van der Waals surface area contributed by atoms with Gasteiger partial charge in [-0.1, -0.05) is 72.8 Å². The van der Waals surface area contributed by atoms with Crippen molar-refractivity contribution in [1.29, 1.82) is 5.26 Å². The van der Waals surface area contributed by atoms with E-state index in [9.17, 15) is 5.26 Å². The highest BCUT2D eigenvalue weighted by atomic mass is 32.1. The van der Waals surface area contributed by atoms with Crippen LogP contribution in [0.2, 0.25) is 0 Å². The molecule has 3 heterocycles. The quantitative estimate of drug-likeness (QED) is 0.218. The Kier molecular flexibility index (Phi) is 4.67. The molecule has 0 fully saturated rings. The Morgan fingerprint density at radius 2 is 1.46 bits per heavy atom. The zero-order chi connectivity index (χ0) is 27.1. The number of para-hydroxylation sites is 2. The highest BCUT2D eigenvalue weighted by molar-refractivity contribution is 7.26. The van der Waals surface area contributed by atoms with Gasteiger partial charge in [0.15, 0.2) is 0 Å². The molecule has 2 aliphatic rings. The summed E-state index contributed by atoms with van der Waals surface area (Å²) < 4.78 is 4.92. The maximum absolute atomic E-state index is 9.57. The van der Waals surface area contributed by atoms with Crippen LogP contribution in [0.4, 0.5) is 11.4 Å². The van der Waals surface area contributed by atoms with Gasteiger partial charge >= 0.3 is 0 Å². The second-order valence-corrected chi connectivity index (χ2v) is 11.9. The van der Waals surface area contributed by atoms with Crippen molar-refractivity contribution < 1.29 is 0 Å². The summed E-state index contributed by atoms with van der Waals surface area (Å²) in [6.07, 6.45) is 9.02. The third kappa shape index (κ3) is 3.13. The van der Waals surface area contributed by atoms with Crippen molar-refractivity contribution in [2.45, 2.75) is 12.0 Å². The van der Waals surface area contributed by atoms with Crippen LogP contribution < -0.4 is 4.90 Å². The Balaban J connectivity index is 1.27. The van der Waals surface area contributed by atoms with E-state index in [0.29, 0.717) is 11.5 Å². The number of hydrogen-bond acceptors (Lipinski definition) is 3. The van der Waals surface area contributed by atoms with Gasteiger partial charge in [-0.05, 0) is 60.2 Å². The van der Waals surface area contributed by atoms with E-state index in [1.807, 2.05) is 23.5 Å². The average Bonchev–Trinajstić information content (AvgIpc) is 3.68. The molecule has 9 rings (SSSR count). The number of hydrogen-bond donors (Lipinski definition) is 0. The molecule has 7 aromatic rings. The second-order valence-electron chi connectivity index (χ2n) is 10.8. The first-order valence-electron chi connectivity index (χ1n) is 13.9. The molecule has 3 nitrogen and oxygen atoms in total. The lowest BCUT2D eigenvalue weighted by Gasteiger charge is -2.28. The number of allylic oxidation sites excluding steroid dienone is 2. The fourth-order valence-electron chi connectivity index (χ4n) is 6.99. The number of nitriles is 1. The van der Waals surface area contributed by atoms with Crippen LogP contribution in [0.3, 0.4) is 0 Å². The van der Waals surface area contributed by atoms with E-state index in [1.165, 1.54) is 42.8 Å². The molecule has 0 amide bonds. The molecule has 2 aromatic heterocycles. The van der Waals surface area contributed by atoms with Crippen LogP contribution in [0.15, 0.2) is 127 Å². The molecule has 192 valence electrons. The van der Waals surface area contributed by atoms with Crippen molar-refractivity contribution in [2.24, 2.45) is 0 Å². The van der Waals surface area contributed by atoms with Crippen LogP contribution in [-0.2, 0) is 0 Å². The fraction of sp³-hybridized carbons (Fsp3) is 0.0541. The van der Waals surface area contributed by atoms with Gasteiger partial charge in [0.2, 0.25) is 0 Å². The van der Waals surface area contributed by atoms with Gasteiger partial charge in [-0.25, -0.2) is 0 Å². The van der Waals surface area contributed by atoms with Gasteiger partial charge in [-0.3, -0.25) is 0 Å². The van der Waals surface area contributed by atoms with Gasteiger partial charge in [0.1, 0.15) is 0 Å². The molecule has 2 atom stereocenters. The summed E-state index contributed by atoms with van der Waals surface area (Å²) in [5, 5.41) is 14.4. The lowest BCUT2D eigenvalue weighted by Crippen LogP contribution is -2.28. The Hall–Kier alpha value is -5.11. The number of thiophene rings is 1. The maximum atomic E-state index is 9.57. The standard InChI is InChI=1S/C37H23N3S/c38-22-23-16-18-34-29(20-23)27-10-3-6-14-33(27)40(34)35-15-7-11-28-30-21-24(17-19-36(30)41-37(28)35)39-31-12-4-1-8-25(31)26-9-2-5-13-32(26)39/h1-21,25,31H. The van der Waals surface area contributed by atoms with E-state index in [1.54, 1.807) is 0 Å². The molecule has 4 heteroatoms. The number of anilines is 2. The Labute approximate surface area is 241 Å². The van der Waals surface area contributed by atoms with Gasteiger partial charge in [0, 0.05) is 43.5 Å². The molecule has 41 heavy (non-hydrogen) atoms. The number of fused-ring (bicyclic) bond motifs is 9. The van der Waals surface area contributed by atoms with Crippen LogP contribution >= 0.6 is 11.3 Å². The van der Waals surface area contributed by atoms with E-state index in [2.05, 4.69) is 131 Å². The van der Waals surface area contributed by atoms with E-state index < -0.39 is 0 Å². The van der Waals surface area contributed by atoms with Crippen LogP contribution in [-0.4, -0.2) is 10.6 Å². The summed E-state index contributed by atoms with van der Waals surface area (Å²) in [5.74, 6) is 0.370. The van der Waals surface area contributed by atoms with Crippen LogP contribution in [0, 0.1) is 11.3 Å². The molecular weight excluding hydrogens is 518 g/mol. The number of rotatable bonds is 2. The fourth-order valence-corrected chi connectivity index (χ4v) is 8.18. The van der Waals surface area contributed by atoms with E-state index in [0.717, 1.165) is 21.8 Å². The third-order valence-electron chi connectivity index (χ3n) is 8.74. The number of benzene rings is 5. The van der Waals surface area contributed by atoms with Crippen molar-refractivity contribution in [1.82, 2.24) is 4.57 Å². The van der Waals surface area contributed by atoms with E-state index >= 15 is 0 Å². The molecule has 1 aliphatic carbocycles. The molecule has 0 saturated carbocycles. The normalized spacial score (nSPS) is 17.5. The first kappa shape index (κ1) is 22.7. The summed E-state index contributed by atoms with van der Waals surface area (Å²) in [5.41, 5.74) is 8.04. The zero-order valence-corrected chi connectivity index (χ0v) is 22.8. The van der Waals surface area contributed by atoms with Crippen LogP contribution in [0.1, 0.15) is 17.0 Å². The Morgan fingerprint density at radius 1 is 0.659 bits per heavy atom. The van der Waals surface area contributed by atoms with Crippen molar-refractivity contribution in [3.63, 3.8) is 0 Å². The molecule has 0 spiro atoms. The van der Waals surface area contributed by atoms with Gasteiger partial charge in [-0.2, -0.15) is 5.26 Å². The van der Waals surface area contributed by atoms with Gasteiger partial charge in [0.05, 0.1) is 39.1 Å². The summed E-state index contributed by atoms with van der Waals surface area (Å²) in [7, 11) is 0. The lowest BCUT2D eigenvalue weighted by molar-refractivity contribution is 0.745. The summed E-state index contributed by atoms with van der Waals surface area (Å²) in [6.45, 7) is 0. The predicted molar refractivity (Wildman–Crippen MR) is 172 cm³/mol. The topological polar surface area (TPSA) is 32.0 Å². The Morgan fingerprint density at radius 3 is 2.41 bits per heavy atom. The first-order chi connectivity index (χ1) is 20.3. The van der Waals surface area contributed by atoms with E-state index in [4.69, 9.17) is 0 Å². The minimum Gasteiger partial charge on any atom is -0.333 e. The molecular formula is C37H23N3S. The molecule has 0 N–H and O–H groups in total. The molecule has 0 radical (unpaired) electrons. The number of nitrogens with zero attached hydrogens (tertiary/aromatic N) is 3. The SMILES string of the molecule is N#Cc1ccc2c(c1)c1ccccc1n2-c1cccc2c1sc1ccc(N3c4ccccc4C4C=CC=CC43)cc12.